The van der Waals surface area contributed by atoms with E-state index < -0.39 is 30.3 Å². The van der Waals surface area contributed by atoms with Crippen LogP contribution in [0.5, 0.6) is 0 Å². The quantitative estimate of drug-likeness (QED) is 0.641. The van der Waals surface area contributed by atoms with Gasteiger partial charge in [0.05, 0.1) is 23.0 Å². The second-order valence-corrected chi connectivity index (χ2v) is 4.59. The van der Waals surface area contributed by atoms with Gasteiger partial charge in [0.15, 0.2) is 0 Å². The third-order valence-electron chi connectivity index (χ3n) is 2.73. The highest BCUT2D eigenvalue weighted by Crippen LogP contribution is 2.19. The zero-order valence-electron chi connectivity index (χ0n) is 12.0. The fourth-order valence-electron chi connectivity index (χ4n) is 1.78. The van der Waals surface area contributed by atoms with Gasteiger partial charge in [-0.3, -0.25) is 14.9 Å². The standard InChI is InChI=1S/C13H11F3N4O4/c14-13(15,16)7-24-8-19-6-9(5-17-19)18-12(21)10-3-1-2-4-11(10)20(22)23/h1-6H,7-8H2,(H,18,21). The molecular formula is C13H11F3N4O4. The zero-order valence-corrected chi connectivity index (χ0v) is 12.0. The summed E-state index contributed by atoms with van der Waals surface area (Å²) in [4.78, 5) is 22.3. The lowest BCUT2D eigenvalue weighted by Gasteiger charge is -2.07. The van der Waals surface area contributed by atoms with E-state index in [-0.39, 0.29) is 16.9 Å². The summed E-state index contributed by atoms with van der Waals surface area (Å²) in [7, 11) is 0. The minimum Gasteiger partial charge on any atom is -0.350 e. The number of halogens is 3. The lowest BCUT2D eigenvalue weighted by molar-refractivity contribution is -0.385. The minimum absolute atomic E-state index is 0.149. The predicted molar refractivity (Wildman–Crippen MR) is 75.3 cm³/mol. The lowest BCUT2D eigenvalue weighted by Crippen LogP contribution is -2.18. The van der Waals surface area contributed by atoms with Crippen LogP contribution in [0, 0.1) is 10.1 Å². The topological polar surface area (TPSA) is 99.3 Å². The third kappa shape index (κ3) is 4.78. The number of rotatable bonds is 6. The molecule has 0 bridgehead atoms. The Kier molecular flexibility index (Phi) is 5.14. The molecule has 2 aromatic rings. The Labute approximate surface area is 133 Å². The molecule has 1 aromatic carbocycles. The normalized spacial score (nSPS) is 11.3. The Bertz CT molecular complexity index is 745. The Hall–Kier alpha value is -2.95. The maximum absolute atomic E-state index is 12.1. The van der Waals surface area contributed by atoms with Crippen LogP contribution >= 0.6 is 0 Å². The minimum atomic E-state index is -4.45. The number of anilines is 1. The van der Waals surface area contributed by atoms with E-state index >= 15 is 0 Å². The van der Waals surface area contributed by atoms with Gasteiger partial charge in [-0.05, 0) is 6.07 Å². The summed E-state index contributed by atoms with van der Waals surface area (Å²) in [6.45, 7) is -1.88. The van der Waals surface area contributed by atoms with E-state index in [0.29, 0.717) is 0 Å². The van der Waals surface area contributed by atoms with E-state index in [9.17, 15) is 28.1 Å². The van der Waals surface area contributed by atoms with Crippen molar-refractivity contribution in [1.82, 2.24) is 9.78 Å². The molecule has 0 aliphatic rings. The van der Waals surface area contributed by atoms with Crippen molar-refractivity contribution in [3.63, 3.8) is 0 Å². The fraction of sp³-hybridized carbons (Fsp3) is 0.231. The molecule has 0 saturated heterocycles. The molecule has 1 N–H and O–H groups in total. The van der Waals surface area contributed by atoms with Crippen LogP contribution in [0.1, 0.15) is 10.4 Å². The molecule has 24 heavy (non-hydrogen) atoms. The number of nitrogens with zero attached hydrogens (tertiary/aromatic N) is 3. The van der Waals surface area contributed by atoms with Gasteiger partial charge < -0.3 is 10.1 Å². The number of ether oxygens (including phenoxy) is 1. The first-order chi connectivity index (χ1) is 11.3. The van der Waals surface area contributed by atoms with Gasteiger partial charge >= 0.3 is 6.18 Å². The van der Waals surface area contributed by atoms with Crippen LogP contribution in [-0.2, 0) is 11.5 Å². The summed E-state index contributed by atoms with van der Waals surface area (Å²) in [5.41, 5.74) is -0.353. The van der Waals surface area contributed by atoms with Crippen LogP contribution in [0.2, 0.25) is 0 Å². The molecule has 0 fully saturated rings. The number of benzene rings is 1. The van der Waals surface area contributed by atoms with Gasteiger partial charge in [-0.25, -0.2) is 4.68 Å². The van der Waals surface area contributed by atoms with E-state index in [1.165, 1.54) is 36.7 Å². The highest BCUT2D eigenvalue weighted by Gasteiger charge is 2.27. The van der Waals surface area contributed by atoms with Crippen LogP contribution in [0.3, 0.4) is 0 Å². The number of para-hydroxylation sites is 1. The first-order valence-electron chi connectivity index (χ1n) is 6.48. The van der Waals surface area contributed by atoms with Crippen molar-refractivity contribution in [3.05, 3.63) is 52.3 Å². The molecule has 0 aliphatic heterocycles. The molecule has 1 heterocycles. The molecule has 0 saturated carbocycles. The SMILES string of the molecule is O=C(Nc1cnn(COCC(F)(F)F)c1)c1ccccc1[N+](=O)[O-]. The van der Waals surface area contributed by atoms with Crippen molar-refractivity contribution in [1.29, 1.82) is 0 Å². The molecule has 0 spiro atoms. The second-order valence-electron chi connectivity index (χ2n) is 4.59. The summed E-state index contributed by atoms with van der Waals surface area (Å²) in [6.07, 6.45) is -2.02. The molecule has 0 radical (unpaired) electrons. The molecule has 11 heteroatoms. The highest BCUT2D eigenvalue weighted by molar-refractivity contribution is 6.06. The molecule has 8 nitrogen and oxygen atoms in total. The number of nitrogens with one attached hydrogen (secondary N) is 1. The van der Waals surface area contributed by atoms with Crippen molar-refractivity contribution < 1.29 is 27.6 Å². The van der Waals surface area contributed by atoms with Gasteiger partial charge in [-0.2, -0.15) is 18.3 Å². The maximum Gasteiger partial charge on any atom is 0.411 e. The Morgan fingerprint density at radius 2 is 2.08 bits per heavy atom. The largest absolute Gasteiger partial charge is 0.411 e. The van der Waals surface area contributed by atoms with Gasteiger partial charge in [0.25, 0.3) is 11.6 Å². The van der Waals surface area contributed by atoms with Crippen molar-refractivity contribution in [2.45, 2.75) is 12.9 Å². The van der Waals surface area contributed by atoms with Gasteiger partial charge in [-0.15, -0.1) is 0 Å². The second kappa shape index (κ2) is 7.08. The number of hydrogen-bond acceptors (Lipinski definition) is 5. The zero-order chi connectivity index (χ0) is 17.7. The Morgan fingerprint density at radius 3 is 2.75 bits per heavy atom. The van der Waals surface area contributed by atoms with E-state index in [4.69, 9.17) is 0 Å². The van der Waals surface area contributed by atoms with E-state index in [2.05, 4.69) is 15.2 Å². The van der Waals surface area contributed by atoms with E-state index in [1.807, 2.05) is 0 Å². The van der Waals surface area contributed by atoms with E-state index in [0.717, 1.165) is 4.68 Å². The number of alkyl halides is 3. The number of amides is 1. The monoisotopic (exact) mass is 344 g/mol. The Balaban J connectivity index is 2.00. The first kappa shape index (κ1) is 17.4. The number of nitro benzene ring substituents is 1. The average molecular weight is 344 g/mol. The lowest BCUT2D eigenvalue weighted by atomic mass is 10.1. The molecular weight excluding hydrogens is 333 g/mol. The molecule has 1 amide bonds. The first-order valence-corrected chi connectivity index (χ1v) is 6.48. The average Bonchev–Trinajstić information content (AvgIpc) is 2.93. The van der Waals surface area contributed by atoms with Crippen LogP contribution in [0.25, 0.3) is 0 Å². The van der Waals surface area contributed by atoms with Crippen LogP contribution in [0.15, 0.2) is 36.7 Å². The van der Waals surface area contributed by atoms with Crippen molar-refractivity contribution >= 4 is 17.3 Å². The molecule has 2 rings (SSSR count). The number of carbonyl (C=O) groups is 1. The van der Waals surface area contributed by atoms with Crippen LogP contribution in [0.4, 0.5) is 24.5 Å². The van der Waals surface area contributed by atoms with Gasteiger partial charge in [-0.1, -0.05) is 12.1 Å². The third-order valence-corrected chi connectivity index (χ3v) is 2.73. The molecule has 0 atom stereocenters. The van der Waals surface area contributed by atoms with Gasteiger partial charge in [0.2, 0.25) is 0 Å². The molecule has 128 valence electrons. The van der Waals surface area contributed by atoms with Crippen LogP contribution in [-0.4, -0.2) is 33.4 Å². The fourth-order valence-corrected chi connectivity index (χ4v) is 1.78. The van der Waals surface area contributed by atoms with Crippen LogP contribution < -0.4 is 5.32 Å². The van der Waals surface area contributed by atoms with Gasteiger partial charge in [0, 0.05) is 6.07 Å². The van der Waals surface area contributed by atoms with Crippen molar-refractivity contribution in [2.24, 2.45) is 0 Å². The maximum atomic E-state index is 12.1. The number of aromatic nitrogens is 2. The summed E-state index contributed by atoms with van der Waals surface area (Å²) in [5, 5.41) is 17.0. The van der Waals surface area contributed by atoms with Crippen molar-refractivity contribution in [2.75, 3.05) is 11.9 Å². The molecule has 0 unspecified atom stereocenters. The predicted octanol–water partition coefficient (Wildman–Crippen LogP) is 2.58. The number of carbonyl (C=O) groups excluding carboxylic acids is 1. The summed E-state index contributed by atoms with van der Waals surface area (Å²) in [5.74, 6) is -0.738. The number of nitro groups is 1. The van der Waals surface area contributed by atoms with Crippen molar-refractivity contribution in [3.8, 4) is 0 Å². The molecule has 1 aromatic heterocycles. The highest BCUT2D eigenvalue weighted by atomic mass is 19.4. The summed E-state index contributed by atoms with van der Waals surface area (Å²) in [6, 6.07) is 5.36. The van der Waals surface area contributed by atoms with Gasteiger partial charge in [0.1, 0.15) is 18.9 Å². The Morgan fingerprint density at radius 1 is 1.38 bits per heavy atom. The smallest absolute Gasteiger partial charge is 0.350 e. The summed E-state index contributed by atoms with van der Waals surface area (Å²) >= 11 is 0. The van der Waals surface area contributed by atoms with E-state index in [1.54, 1.807) is 0 Å². The summed E-state index contributed by atoms with van der Waals surface area (Å²) < 4.78 is 41.3. The number of hydrogen-bond donors (Lipinski definition) is 1. The molecule has 0 aliphatic carbocycles.